The van der Waals surface area contributed by atoms with Crippen LogP contribution in [0.25, 0.3) is 0 Å². The lowest BCUT2D eigenvalue weighted by Gasteiger charge is -2.31. The van der Waals surface area contributed by atoms with Gasteiger partial charge in [-0.25, -0.2) is 0 Å². The van der Waals surface area contributed by atoms with Gasteiger partial charge in [0.15, 0.2) is 5.82 Å². The van der Waals surface area contributed by atoms with Gasteiger partial charge in [0.25, 0.3) is 0 Å². The molecule has 1 fully saturated rings. The second-order valence-electron chi connectivity index (χ2n) is 3.54. The van der Waals surface area contributed by atoms with Gasteiger partial charge in [-0.3, -0.25) is 4.68 Å². The summed E-state index contributed by atoms with van der Waals surface area (Å²) in [6, 6.07) is 0. The maximum absolute atomic E-state index is 4.08. The quantitative estimate of drug-likeness (QED) is 0.589. The molecule has 2 heterocycles. The first-order valence-electron chi connectivity index (χ1n) is 4.55. The van der Waals surface area contributed by atoms with Crippen LogP contribution in [0.15, 0.2) is 6.20 Å². The molecule has 13 heavy (non-hydrogen) atoms. The smallest absolute Gasteiger partial charge is 0.171 e. The molecule has 0 spiro atoms. The minimum absolute atomic E-state index is 0.996. The number of anilines is 1. The van der Waals surface area contributed by atoms with Crippen LogP contribution in [0.5, 0.6) is 0 Å². The Balaban J connectivity index is 2.02. The molecule has 0 radical (unpaired) electrons. The molecule has 1 saturated heterocycles. The van der Waals surface area contributed by atoms with Crippen molar-refractivity contribution in [3.8, 4) is 0 Å². The lowest BCUT2D eigenvalue weighted by molar-refractivity contribution is 0.312. The third-order valence-corrected chi connectivity index (χ3v) is 2.42. The molecule has 5 heteroatoms. The van der Waals surface area contributed by atoms with Crippen molar-refractivity contribution < 1.29 is 0 Å². The summed E-state index contributed by atoms with van der Waals surface area (Å²) >= 11 is 0. The first-order chi connectivity index (χ1) is 6.25. The second-order valence-corrected chi connectivity index (χ2v) is 3.54. The van der Waals surface area contributed by atoms with Crippen molar-refractivity contribution in [2.75, 3.05) is 38.1 Å². The van der Waals surface area contributed by atoms with Crippen LogP contribution in [0.1, 0.15) is 0 Å². The summed E-state index contributed by atoms with van der Waals surface area (Å²) in [6.45, 7) is 4.32. The van der Waals surface area contributed by atoms with E-state index in [1.165, 1.54) is 0 Å². The minimum atomic E-state index is 0.996. The fraction of sp³-hybridized carbons (Fsp3) is 0.750. The minimum Gasteiger partial charge on any atom is -0.351 e. The van der Waals surface area contributed by atoms with Gasteiger partial charge in [-0.05, 0) is 7.05 Å². The van der Waals surface area contributed by atoms with Crippen molar-refractivity contribution >= 4 is 5.82 Å². The van der Waals surface area contributed by atoms with Gasteiger partial charge < -0.3 is 9.80 Å². The van der Waals surface area contributed by atoms with E-state index < -0.39 is 0 Å². The molecular weight excluding hydrogens is 166 g/mol. The van der Waals surface area contributed by atoms with Crippen LogP contribution in [0.2, 0.25) is 0 Å². The summed E-state index contributed by atoms with van der Waals surface area (Å²) in [5.74, 6) is 0.996. The summed E-state index contributed by atoms with van der Waals surface area (Å²) in [4.78, 5) is 4.60. The summed E-state index contributed by atoms with van der Waals surface area (Å²) in [6.07, 6.45) is 1.96. The van der Waals surface area contributed by atoms with Crippen LogP contribution in [0.4, 0.5) is 5.82 Å². The molecule has 1 aromatic heterocycles. The number of aryl methyl sites for hydroxylation is 1. The SMILES string of the molecule is CN1CCN(c2cn(C)nn2)CC1. The average molecular weight is 181 g/mol. The molecule has 0 unspecified atom stereocenters. The van der Waals surface area contributed by atoms with Gasteiger partial charge in [-0.15, -0.1) is 5.10 Å². The molecule has 1 aromatic rings. The summed E-state index contributed by atoms with van der Waals surface area (Å²) in [5, 5.41) is 8.01. The Morgan fingerprint density at radius 2 is 1.85 bits per heavy atom. The third-order valence-electron chi connectivity index (χ3n) is 2.42. The summed E-state index contributed by atoms with van der Waals surface area (Å²) in [7, 11) is 4.04. The zero-order chi connectivity index (χ0) is 9.26. The van der Waals surface area contributed by atoms with Crippen molar-refractivity contribution in [3.05, 3.63) is 6.20 Å². The highest BCUT2D eigenvalue weighted by Crippen LogP contribution is 2.10. The van der Waals surface area contributed by atoms with Gasteiger partial charge in [-0.1, -0.05) is 5.21 Å². The van der Waals surface area contributed by atoms with Crippen LogP contribution in [0.3, 0.4) is 0 Å². The van der Waals surface area contributed by atoms with Crippen molar-refractivity contribution in [1.82, 2.24) is 19.9 Å². The van der Waals surface area contributed by atoms with E-state index in [1.807, 2.05) is 13.2 Å². The maximum atomic E-state index is 4.08. The standard InChI is InChI=1S/C8H15N5/c1-11-3-5-13(6-4-11)8-7-12(2)10-9-8/h7H,3-6H2,1-2H3. The summed E-state index contributed by atoms with van der Waals surface area (Å²) < 4.78 is 1.74. The van der Waals surface area contributed by atoms with Crippen LogP contribution >= 0.6 is 0 Å². The Bertz CT molecular complexity index is 274. The lowest BCUT2D eigenvalue weighted by atomic mass is 10.3. The van der Waals surface area contributed by atoms with Gasteiger partial charge in [0.05, 0.1) is 6.20 Å². The van der Waals surface area contributed by atoms with E-state index in [4.69, 9.17) is 0 Å². The van der Waals surface area contributed by atoms with Gasteiger partial charge in [-0.2, -0.15) is 0 Å². The molecule has 1 aliphatic rings. The highest BCUT2D eigenvalue weighted by molar-refractivity contribution is 5.35. The molecule has 0 amide bonds. The number of aromatic nitrogens is 3. The number of rotatable bonds is 1. The van der Waals surface area contributed by atoms with E-state index in [2.05, 4.69) is 27.2 Å². The Labute approximate surface area is 77.9 Å². The fourth-order valence-electron chi connectivity index (χ4n) is 1.52. The number of hydrogen-bond acceptors (Lipinski definition) is 4. The molecule has 0 bridgehead atoms. The first-order valence-corrected chi connectivity index (χ1v) is 4.55. The first kappa shape index (κ1) is 8.50. The highest BCUT2D eigenvalue weighted by atomic mass is 15.5. The van der Waals surface area contributed by atoms with Gasteiger partial charge in [0.1, 0.15) is 0 Å². The molecule has 2 rings (SSSR count). The van der Waals surface area contributed by atoms with Crippen LogP contribution < -0.4 is 4.90 Å². The Kier molecular flexibility index (Phi) is 2.18. The van der Waals surface area contributed by atoms with Crippen LogP contribution in [0, 0.1) is 0 Å². The zero-order valence-corrected chi connectivity index (χ0v) is 8.14. The molecule has 5 nitrogen and oxygen atoms in total. The lowest BCUT2D eigenvalue weighted by Crippen LogP contribution is -2.44. The molecular formula is C8H15N5. The molecule has 0 saturated carbocycles. The van der Waals surface area contributed by atoms with E-state index in [0.29, 0.717) is 0 Å². The van der Waals surface area contributed by atoms with Gasteiger partial charge in [0.2, 0.25) is 0 Å². The Morgan fingerprint density at radius 1 is 1.15 bits per heavy atom. The van der Waals surface area contributed by atoms with Gasteiger partial charge >= 0.3 is 0 Å². The summed E-state index contributed by atoms with van der Waals surface area (Å²) in [5.41, 5.74) is 0. The van der Waals surface area contributed by atoms with E-state index in [9.17, 15) is 0 Å². The molecule has 0 N–H and O–H groups in total. The normalized spacial score (nSPS) is 19.4. The van der Waals surface area contributed by atoms with Crippen molar-refractivity contribution in [3.63, 3.8) is 0 Å². The van der Waals surface area contributed by atoms with Crippen LogP contribution in [-0.4, -0.2) is 53.1 Å². The highest BCUT2D eigenvalue weighted by Gasteiger charge is 2.15. The molecule has 1 aliphatic heterocycles. The van der Waals surface area contributed by atoms with Crippen molar-refractivity contribution in [1.29, 1.82) is 0 Å². The van der Waals surface area contributed by atoms with Gasteiger partial charge in [0, 0.05) is 33.2 Å². The average Bonchev–Trinajstić information content (AvgIpc) is 2.53. The van der Waals surface area contributed by atoms with E-state index in [1.54, 1.807) is 4.68 Å². The molecule has 0 aliphatic carbocycles. The second kappa shape index (κ2) is 3.33. The van der Waals surface area contributed by atoms with E-state index in [0.717, 1.165) is 32.0 Å². The predicted molar refractivity (Wildman–Crippen MR) is 50.7 cm³/mol. The molecule has 0 aromatic carbocycles. The largest absolute Gasteiger partial charge is 0.351 e. The number of likely N-dealkylation sites (N-methyl/N-ethyl adjacent to an activating group) is 1. The van der Waals surface area contributed by atoms with E-state index >= 15 is 0 Å². The molecule has 72 valence electrons. The monoisotopic (exact) mass is 181 g/mol. The number of nitrogens with zero attached hydrogens (tertiary/aromatic N) is 5. The van der Waals surface area contributed by atoms with Crippen LogP contribution in [-0.2, 0) is 7.05 Å². The fourth-order valence-corrected chi connectivity index (χ4v) is 1.52. The maximum Gasteiger partial charge on any atom is 0.171 e. The number of piperazine rings is 1. The van der Waals surface area contributed by atoms with Crippen molar-refractivity contribution in [2.24, 2.45) is 7.05 Å². The van der Waals surface area contributed by atoms with E-state index in [-0.39, 0.29) is 0 Å². The third kappa shape index (κ3) is 1.80. The zero-order valence-electron chi connectivity index (χ0n) is 8.14. The molecule has 0 atom stereocenters. The predicted octanol–water partition coefficient (Wildman–Crippen LogP) is -0.433. The Morgan fingerprint density at radius 3 is 2.38 bits per heavy atom. The van der Waals surface area contributed by atoms with Crippen molar-refractivity contribution in [2.45, 2.75) is 0 Å². The number of hydrogen-bond donors (Lipinski definition) is 0. The Hall–Kier alpha value is -1.10. The topological polar surface area (TPSA) is 37.2 Å².